The number of pyridine rings is 1. The fraction of sp³-hybridized carbons (Fsp3) is 0.417. The molecule has 0 aromatic carbocycles. The Kier molecular flexibility index (Phi) is 6.40. The van der Waals surface area contributed by atoms with Crippen LogP contribution in [0.2, 0.25) is 0 Å². The summed E-state index contributed by atoms with van der Waals surface area (Å²) in [7, 11) is 0. The van der Waals surface area contributed by atoms with E-state index in [1.807, 2.05) is 20.8 Å². The number of nitrogens with two attached hydrogens (primary N) is 1. The number of aromatic amines is 1. The summed E-state index contributed by atoms with van der Waals surface area (Å²) in [5.74, 6) is -0.180. The lowest BCUT2D eigenvalue weighted by Crippen LogP contribution is -2.48. The Morgan fingerprint density at radius 1 is 1.45 bits per heavy atom. The molecule has 1 amide bonds. The first-order chi connectivity index (χ1) is 8.43. The van der Waals surface area contributed by atoms with Crippen molar-refractivity contribution in [3.8, 4) is 0 Å². The maximum atomic E-state index is 12.1. The highest BCUT2D eigenvalue weighted by Crippen LogP contribution is 2.14. The van der Waals surface area contributed by atoms with Crippen molar-refractivity contribution >= 4 is 41.8 Å². The summed E-state index contributed by atoms with van der Waals surface area (Å²) in [6, 6.07) is 1.78. The highest BCUT2D eigenvalue weighted by molar-refractivity contribution is 5.97. The molecule has 0 saturated carbocycles. The van der Waals surface area contributed by atoms with Gasteiger partial charge in [0, 0.05) is 29.4 Å². The molecule has 20 heavy (non-hydrogen) atoms. The second-order valence-electron chi connectivity index (χ2n) is 4.99. The van der Waals surface area contributed by atoms with E-state index in [0.29, 0.717) is 17.8 Å². The predicted octanol–water partition coefficient (Wildman–Crippen LogP) is 1.58. The number of H-pyrrole nitrogens is 1. The number of halogens is 2. The molecule has 0 radical (unpaired) electrons. The number of aromatic nitrogens is 3. The van der Waals surface area contributed by atoms with E-state index in [1.54, 1.807) is 6.07 Å². The molecule has 8 heteroatoms. The summed E-state index contributed by atoms with van der Waals surface area (Å²) in [5, 5.41) is 10.6. The van der Waals surface area contributed by atoms with Crippen LogP contribution in [0.4, 0.5) is 0 Å². The Balaban J connectivity index is 0.00000180. The molecule has 0 fully saturated rings. The summed E-state index contributed by atoms with van der Waals surface area (Å²) < 4.78 is 0. The molecule has 0 aliphatic carbocycles. The monoisotopic (exact) mass is 319 g/mol. The van der Waals surface area contributed by atoms with E-state index in [-0.39, 0.29) is 30.7 Å². The fourth-order valence-corrected chi connectivity index (χ4v) is 1.57. The van der Waals surface area contributed by atoms with Crippen molar-refractivity contribution in [1.29, 1.82) is 0 Å². The van der Waals surface area contributed by atoms with Crippen LogP contribution in [0.5, 0.6) is 0 Å². The van der Waals surface area contributed by atoms with Crippen LogP contribution in [-0.2, 0) is 0 Å². The van der Waals surface area contributed by atoms with Gasteiger partial charge in [-0.25, -0.2) is 4.98 Å². The van der Waals surface area contributed by atoms with Gasteiger partial charge in [0.2, 0.25) is 0 Å². The van der Waals surface area contributed by atoms with Crippen molar-refractivity contribution in [2.24, 2.45) is 5.73 Å². The number of hydrogen-bond acceptors (Lipinski definition) is 4. The molecule has 0 spiro atoms. The van der Waals surface area contributed by atoms with Crippen molar-refractivity contribution in [3.05, 3.63) is 23.5 Å². The third-order valence-electron chi connectivity index (χ3n) is 2.82. The lowest BCUT2D eigenvalue weighted by atomic mass is 10.1. The normalized spacial score (nSPS) is 10.6. The summed E-state index contributed by atoms with van der Waals surface area (Å²) >= 11 is 0. The average Bonchev–Trinajstić information content (AvgIpc) is 2.70. The number of aryl methyl sites for hydroxylation is 1. The topological polar surface area (TPSA) is 96.7 Å². The summed E-state index contributed by atoms with van der Waals surface area (Å²) in [6.07, 6.45) is 1.52. The van der Waals surface area contributed by atoms with E-state index in [2.05, 4.69) is 20.5 Å². The van der Waals surface area contributed by atoms with Gasteiger partial charge in [0.1, 0.15) is 0 Å². The van der Waals surface area contributed by atoms with Gasteiger partial charge in [-0.15, -0.1) is 24.8 Å². The summed E-state index contributed by atoms with van der Waals surface area (Å²) in [6.45, 7) is 6.02. The second kappa shape index (κ2) is 6.88. The van der Waals surface area contributed by atoms with Crippen molar-refractivity contribution in [2.75, 3.05) is 6.54 Å². The van der Waals surface area contributed by atoms with E-state index in [9.17, 15) is 4.79 Å². The minimum absolute atomic E-state index is 0. The third-order valence-corrected chi connectivity index (χ3v) is 2.82. The highest BCUT2D eigenvalue weighted by atomic mass is 35.5. The number of amides is 1. The zero-order chi connectivity index (χ0) is 13.3. The van der Waals surface area contributed by atoms with Gasteiger partial charge in [-0.05, 0) is 26.8 Å². The van der Waals surface area contributed by atoms with Crippen molar-refractivity contribution in [3.63, 3.8) is 0 Å². The van der Waals surface area contributed by atoms with Gasteiger partial charge in [0.15, 0.2) is 5.65 Å². The molecular formula is C12H19Cl2N5O. The predicted molar refractivity (Wildman–Crippen MR) is 83.7 cm³/mol. The Morgan fingerprint density at radius 2 is 2.10 bits per heavy atom. The first kappa shape index (κ1) is 18.6. The average molecular weight is 320 g/mol. The lowest BCUT2D eigenvalue weighted by molar-refractivity contribution is 0.0915. The first-order valence-corrected chi connectivity index (χ1v) is 5.76. The number of nitrogens with zero attached hydrogens (tertiary/aromatic N) is 2. The van der Waals surface area contributed by atoms with Gasteiger partial charge in [-0.2, -0.15) is 5.10 Å². The van der Waals surface area contributed by atoms with E-state index in [1.165, 1.54) is 6.20 Å². The van der Waals surface area contributed by atoms with Gasteiger partial charge >= 0.3 is 0 Å². The molecule has 0 saturated heterocycles. The van der Waals surface area contributed by atoms with Crippen LogP contribution in [-0.4, -0.2) is 33.2 Å². The van der Waals surface area contributed by atoms with Gasteiger partial charge in [-0.3, -0.25) is 9.89 Å². The van der Waals surface area contributed by atoms with Crippen molar-refractivity contribution in [1.82, 2.24) is 20.5 Å². The molecule has 0 atom stereocenters. The van der Waals surface area contributed by atoms with Crippen LogP contribution in [0.25, 0.3) is 11.0 Å². The Labute approximate surface area is 129 Å². The minimum Gasteiger partial charge on any atom is -0.346 e. The third kappa shape index (κ3) is 3.82. The molecule has 0 aliphatic rings. The molecule has 0 bridgehead atoms. The van der Waals surface area contributed by atoms with Crippen molar-refractivity contribution < 1.29 is 4.79 Å². The minimum atomic E-state index is -0.433. The molecule has 2 aromatic heterocycles. The lowest BCUT2D eigenvalue weighted by Gasteiger charge is -2.24. The van der Waals surface area contributed by atoms with Crippen LogP contribution in [0, 0.1) is 6.92 Å². The summed E-state index contributed by atoms with van der Waals surface area (Å²) in [4.78, 5) is 16.2. The zero-order valence-electron chi connectivity index (χ0n) is 11.6. The van der Waals surface area contributed by atoms with Gasteiger partial charge in [-0.1, -0.05) is 0 Å². The molecule has 2 aromatic rings. The number of fused-ring (bicyclic) bond motifs is 1. The Hall–Kier alpha value is -1.37. The van der Waals surface area contributed by atoms with E-state index in [4.69, 9.17) is 5.73 Å². The number of carbonyl (C=O) groups is 1. The van der Waals surface area contributed by atoms with Crippen LogP contribution in [0.1, 0.15) is 29.9 Å². The number of rotatable bonds is 3. The quantitative estimate of drug-likeness (QED) is 0.800. The van der Waals surface area contributed by atoms with Crippen molar-refractivity contribution in [2.45, 2.75) is 26.3 Å². The molecule has 0 aliphatic heterocycles. The molecule has 2 heterocycles. The van der Waals surface area contributed by atoms with Gasteiger partial charge in [0.05, 0.1) is 5.56 Å². The van der Waals surface area contributed by atoms with Gasteiger partial charge < -0.3 is 11.1 Å². The smallest absolute Gasteiger partial charge is 0.253 e. The number of hydrogen-bond donors (Lipinski definition) is 3. The van der Waals surface area contributed by atoms with Crippen LogP contribution in [0.3, 0.4) is 0 Å². The van der Waals surface area contributed by atoms with E-state index >= 15 is 0 Å². The molecule has 0 unspecified atom stereocenters. The first-order valence-electron chi connectivity index (χ1n) is 5.76. The van der Waals surface area contributed by atoms with Gasteiger partial charge in [0.25, 0.3) is 5.91 Å². The summed E-state index contributed by atoms with van der Waals surface area (Å²) in [5.41, 5.74) is 7.17. The fourth-order valence-electron chi connectivity index (χ4n) is 1.57. The molecule has 4 N–H and O–H groups in total. The maximum Gasteiger partial charge on any atom is 0.253 e. The van der Waals surface area contributed by atoms with E-state index < -0.39 is 5.54 Å². The molecule has 6 nitrogen and oxygen atoms in total. The van der Waals surface area contributed by atoms with Crippen LogP contribution >= 0.6 is 24.8 Å². The zero-order valence-corrected chi connectivity index (χ0v) is 13.2. The largest absolute Gasteiger partial charge is 0.346 e. The molecule has 112 valence electrons. The molecule has 2 rings (SSSR count). The SMILES string of the molecule is Cc1[nH]nc2ncc(C(=O)NC(C)(C)CN)cc12.Cl.Cl. The number of nitrogens with one attached hydrogen (secondary N) is 2. The molecular weight excluding hydrogens is 301 g/mol. The van der Waals surface area contributed by atoms with Crippen LogP contribution in [0.15, 0.2) is 12.3 Å². The second-order valence-corrected chi connectivity index (χ2v) is 4.99. The Bertz CT molecular complexity index is 597. The van der Waals surface area contributed by atoms with E-state index in [0.717, 1.165) is 11.1 Å². The number of carbonyl (C=O) groups excluding carboxylic acids is 1. The highest BCUT2D eigenvalue weighted by Gasteiger charge is 2.20. The standard InChI is InChI=1S/C12H17N5O.2ClH/c1-7-9-4-8(5-14-10(9)17-16-7)11(18)15-12(2,3)6-13;;/h4-5H,6,13H2,1-3H3,(H,15,18)(H,14,16,17);2*1H. The Morgan fingerprint density at radius 3 is 2.70 bits per heavy atom. The van der Waals surface area contributed by atoms with Crippen LogP contribution < -0.4 is 11.1 Å². The maximum absolute atomic E-state index is 12.1.